The minimum Gasteiger partial charge on any atom is -0.481 e. The van der Waals surface area contributed by atoms with Crippen molar-refractivity contribution < 1.29 is 9.90 Å². The molecule has 2 N–H and O–H groups in total. The molecule has 5 nitrogen and oxygen atoms in total. The van der Waals surface area contributed by atoms with Crippen LogP contribution in [0.25, 0.3) is 0 Å². The Bertz CT molecular complexity index is 386. The minimum atomic E-state index is -0.818. The Kier molecular flexibility index (Phi) is 4.50. The summed E-state index contributed by atoms with van der Waals surface area (Å²) in [6.45, 7) is 0.359. The molecule has 0 saturated heterocycles. The molecule has 0 spiro atoms. The number of nitrogens with one attached hydrogen (secondary N) is 1. The van der Waals surface area contributed by atoms with Crippen LogP contribution < -0.4 is 5.32 Å². The van der Waals surface area contributed by atoms with E-state index in [1.165, 1.54) is 37.7 Å². The minimum absolute atomic E-state index is 0.0771. The lowest BCUT2D eigenvalue weighted by Gasteiger charge is -2.21. The zero-order valence-corrected chi connectivity index (χ0v) is 10.4. The Morgan fingerprint density at radius 2 is 1.94 bits per heavy atom. The lowest BCUT2D eigenvalue weighted by Crippen LogP contribution is -2.11. The van der Waals surface area contributed by atoms with Crippen LogP contribution >= 0.6 is 0 Å². The Labute approximate surface area is 107 Å². The number of carboxylic acid groups (broad SMARTS) is 1. The topological polar surface area (TPSA) is 75.1 Å². The average Bonchev–Trinajstić information content (AvgIpc) is 2.40. The average molecular weight is 249 g/mol. The Balaban J connectivity index is 1.86. The summed E-state index contributed by atoms with van der Waals surface area (Å²) in [6, 6.07) is 0. The fraction of sp³-hybridized carbons (Fsp3) is 0.615. The van der Waals surface area contributed by atoms with Crippen molar-refractivity contribution in [3.05, 3.63) is 18.0 Å². The zero-order chi connectivity index (χ0) is 12.8. The SMILES string of the molecule is O=C(O)CCNc1ncc(C2CCCCC2)cn1. The molecule has 2 rings (SSSR count). The highest BCUT2D eigenvalue weighted by Crippen LogP contribution is 2.31. The first-order chi connectivity index (χ1) is 8.75. The summed E-state index contributed by atoms with van der Waals surface area (Å²) in [5, 5.41) is 11.4. The number of rotatable bonds is 5. The van der Waals surface area contributed by atoms with Crippen molar-refractivity contribution in [1.29, 1.82) is 0 Å². The molecule has 0 bridgehead atoms. The quantitative estimate of drug-likeness (QED) is 0.838. The number of nitrogens with zero attached hydrogens (tertiary/aromatic N) is 2. The molecule has 1 aromatic rings. The normalized spacial score (nSPS) is 16.4. The van der Waals surface area contributed by atoms with Crippen molar-refractivity contribution in [3.8, 4) is 0 Å². The van der Waals surface area contributed by atoms with Crippen LogP contribution in [-0.2, 0) is 4.79 Å². The monoisotopic (exact) mass is 249 g/mol. The second-order valence-electron chi connectivity index (χ2n) is 4.75. The highest BCUT2D eigenvalue weighted by atomic mass is 16.4. The van der Waals surface area contributed by atoms with E-state index in [-0.39, 0.29) is 6.42 Å². The molecular formula is C13H19N3O2. The highest BCUT2D eigenvalue weighted by Gasteiger charge is 2.15. The van der Waals surface area contributed by atoms with Gasteiger partial charge in [-0.15, -0.1) is 0 Å². The van der Waals surface area contributed by atoms with Gasteiger partial charge in [0.25, 0.3) is 0 Å². The van der Waals surface area contributed by atoms with E-state index < -0.39 is 5.97 Å². The van der Waals surface area contributed by atoms with E-state index in [0.29, 0.717) is 18.4 Å². The molecule has 0 amide bonds. The number of hydrogen-bond acceptors (Lipinski definition) is 4. The van der Waals surface area contributed by atoms with Crippen LogP contribution in [0.4, 0.5) is 5.95 Å². The maximum Gasteiger partial charge on any atom is 0.305 e. The molecule has 1 heterocycles. The van der Waals surface area contributed by atoms with Crippen molar-refractivity contribution in [2.24, 2.45) is 0 Å². The number of carbonyl (C=O) groups is 1. The first-order valence-corrected chi connectivity index (χ1v) is 6.53. The second-order valence-corrected chi connectivity index (χ2v) is 4.75. The Morgan fingerprint density at radius 3 is 2.56 bits per heavy atom. The van der Waals surface area contributed by atoms with Crippen LogP contribution in [-0.4, -0.2) is 27.6 Å². The fourth-order valence-corrected chi connectivity index (χ4v) is 2.36. The van der Waals surface area contributed by atoms with Gasteiger partial charge in [-0.25, -0.2) is 9.97 Å². The molecule has 98 valence electrons. The predicted octanol–water partition coefficient (Wildman–Crippen LogP) is 2.41. The van der Waals surface area contributed by atoms with E-state index in [1.54, 1.807) is 0 Å². The summed E-state index contributed by atoms with van der Waals surface area (Å²) < 4.78 is 0. The van der Waals surface area contributed by atoms with E-state index in [2.05, 4.69) is 15.3 Å². The molecule has 1 saturated carbocycles. The van der Waals surface area contributed by atoms with E-state index in [9.17, 15) is 4.79 Å². The first-order valence-electron chi connectivity index (χ1n) is 6.53. The van der Waals surface area contributed by atoms with Crippen molar-refractivity contribution in [2.45, 2.75) is 44.4 Å². The third-order valence-electron chi connectivity index (χ3n) is 3.37. The van der Waals surface area contributed by atoms with Crippen LogP contribution in [0.15, 0.2) is 12.4 Å². The summed E-state index contributed by atoms with van der Waals surface area (Å²) in [5.41, 5.74) is 1.21. The summed E-state index contributed by atoms with van der Waals surface area (Å²) >= 11 is 0. The van der Waals surface area contributed by atoms with Gasteiger partial charge in [-0.1, -0.05) is 19.3 Å². The number of anilines is 1. The van der Waals surface area contributed by atoms with Gasteiger partial charge in [0.2, 0.25) is 5.95 Å². The molecule has 0 atom stereocenters. The van der Waals surface area contributed by atoms with E-state index >= 15 is 0 Å². The molecule has 0 aliphatic heterocycles. The van der Waals surface area contributed by atoms with Crippen molar-refractivity contribution in [3.63, 3.8) is 0 Å². The van der Waals surface area contributed by atoms with Crippen LogP contribution in [0.3, 0.4) is 0 Å². The largest absolute Gasteiger partial charge is 0.481 e. The van der Waals surface area contributed by atoms with Gasteiger partial charge in [0, 0.05) is 18.9 Å². The number of carboxylic acids is 1. The van der Waals surface area contributed by atoms with Gasteiger partial charge in [0.15, 0.2) is 0 Å². The molecule has 1 aliphatic carbocycles. The number of aromatic nitrogens is 2. The van der Waals surface area contributed by atoms with Crippen molar-refractivity contribution in [1.82, 2.24) is 9.97 Å². The number of hydrogen-bond donors (Lipinski definition) is 2. The Morgan fingerprint density at radius 1 is 1.28 bits per heavy atom. The molecular weight excluding hydrogens is 230 g/mol. The van der Waals surface area contributed by atoms with Gasteiger partial charge < -0.3 is 10.4 Å². The third-order valence-corrected chi connectivity index (χ3v) is 3.37. The van der Waals surface area contributed by atoms with Crippen LogP contribution in [0.2, 0.25) is 0 Å². The molecule has 1 aromatic heterocycles. The van der Waals surface area contributed by atoms with Gasteiger partial charge in [-0.05, 0) is 24.3 Å². The lowest BCUT2D eigenvalue weighted by molar-refractivity contribution is -0.136. The molecule has 5 heteroatoms. The van der Waals surface area contributed by atoms with Crippen LogP contribution in [0, 0.1) is 0 Å². The lowest BCUT2D eigenvalue weighted by atomic mass is 9.85. The third kappa shape index (κ3) is 3.68. The summed E-state index contributed by atoms with van der Waals surface area (Å²) in [5.74, 6) is 0.295. The van der Waals surface area contributed by atoms with Crippen LogP contribution in [0.5, 0.6) is 0 Å². The second kappa shape index (κ2) is 6.33. The summed E-state index contributed by atoms with van der Waals surface area (Å²) in [7, 11) is 0. The maximum atomic E-state index is 10.4. The molecule has 0 aromatic carbocycles. The molecule has 18 heavy (non-hydrogen) atoms. The summed E-state index contributed by atoms with van der Waals surface area (Å²) in [4.78, 5) is 18.8. The molecule has 0 radical (unpaired) electrons. The van der Waals surface area contributed by atoms with E-state index in [0.717, 1.165) is 0 Å². The fourth-order valence-electron chi connectivity index (χ4n) is 2.36. The van der Waals surface area contributed by atoms with Gasteiger partial charge >= 0.3 is 5.97 Å². The van der Waals surface area contributed by atoms with Gasteiger partial charge in [-0.3, -0.25) is 4.79 Å². The van der Waals surface area contributed by atoms with Gasteiger partial charge in [-0.2, -0.15) is 0 Å². The molecule has 0 unspecified atom stereocenters. The van der Waals surface area contributed by atoms with E-state index in [4.69, 9.17) is 5.11 Å². The van der Waals surface area contributed by atoms with Crippen molar-refractivity contribution in [2.75, 3.05) is 11.9 Å². The maximum absolute atomic E-state index is 10.4. The standard InChI is InChI=1S/C13H19N3O2/c17-12(18)6-7-14-13-15-8-11(9-16-13)10-4-2-1-3-5-10/h8-10H,1-7H2,(H,17,18)(H,14,15,16). The first kappa shape index (κ1) is 12.8. The highest BCUT2D eigenvalue weighted by molar-refractivity contribution is 5.67. The Hall–Kier alpha value is -1.65. The molecule has 1 fully saturated rings. The van der Waals surface area contributed by atoms with E-state index in [1.807, 2.05) is 12.4 Å². The molecule has 1 aliphatic rings. The van der Waals surface area contributed by atoms with Crippen LogP contribution in [0.1, 0.15) is 50.0 Å². The smallest absolute Gasteiger partial charge is 0.305 e. The zero-order valence-electron chi connectivity index (χ0n) is 10.4. The van der Waals surface area contributed by atoms with Gasteiger partial charge in [0.05, 0.1) is 6.42 Å². The predicted molar refractivity (Wildman–Crippen MR) is 68.6 cm³/mol. The summed E-state index contributed by atoms with van der Waals surface area (Å²) in [6.07, 6.45) is 10.2. The van der Waals surface area contributed by atoms with Crippen molar-refractivity contribution >= 4 is 11.9 Å². The number of aliphatic carboxylic acids is 1. The van der Waals surface area contributed by atoms with Gasteiger partial charge in [0.1, 0.15) is 0 Å².